The number of benzene rings is 2. The summed E-state index contributed by atoms with van der Waals surface area (Å²) in [5.41, 5.74) is 1.93. The van der Waals surface area contributed by atoms with Crippen LogP contribution < -0.4 is 5.56 Å². The zero-order chi connectivity index (χ0) is 20.4. The number of aromatic amines is 1. The number of halogens is 2. The second-order valence-corrected chi connectivity index (χ2v) is 7.15. The predicted molar refractivity (Wildman–Crippen MR) is 114 cm³/mol. The minimum Gasteiger partial charge on any atom is -0.305 e. The van der Waals surface area contributed by atoms with Gasteiger partial charge < -0.3 is 4.98 Å². The van der Waals surface area contributed by atoms with Gasteiger partial charge >= 0.3 is 0 Å². The Labute approximate surface area is 175 Å². The first-order valence-electron chi connectivity index (χ1n) is 8.61. The molecule has 0 aliphatic rings. The molecule has 4 rings (SSSR count). The second kappa shape index (κ2) is 7.92. The lowest BCUT2D eigenvalue weighted by Crippen LogP contribution is -2.11. The van der Waals surface area contributed by atoms with Gasteiger partial charge in [-0.05, 0) is 35.9 Å². The summed E-state index contributed by atoms with van der Waals surface area (Å²) in [6.07, 6.45) is 5.03. The van der Waals surface area contributed by atoms with Crippen LogP contribution in [0.15, 0.2) is 59.7 Å². The number of aromatic nitrogens is 4. The minimum atomic E-state index is -0.336. The third-order valence-corrected chi connectivity index (χ3v) is 4.90. The maximum Gasteiger partial charge on any atom is 0.259 e. The highest BCUT2D eigenvalue weighted by Crippen LogP contribution is 2.19. The van der Waals surface area contributed by atoms with Gasteiger partial charge in [0.25, 0.3) is 5.56 Å². The lowest BCUT2D eigenvalue weighted by molar-refractivity contribution is 0.687. The Kier molecular flexibility index (Phi) is 5.17. The Bertz CT molecular complexity index is 1350. The molecule has 2 aromatic carbocycles. The van der Waals surface area contributed by atoms with Crippen molar-refractivity contribution in [2.24, 2.45) is 0 Å². The molecule has 0 bridgehead atoms. The van der Waals surface area contributed by atoms with Crippen LogP contribution in [0.1, 0.15) is 17.0 Å². The molecule has 0 amide bonds. The average Bonchev–Trinajstić information content (AvgIpc) is 3.14. The monoisotopic (exact) mass is 421 g/mol. The Balaban J connectivity index is 1.68. The van der Waals surface area contributed by atoms with E-state index in [1.54, 1.807) is 41.4 Å². The first-order chi connectivity index (χ1) is 14.0. The van der Waals surface area contributed by atoms with Crippen molar-refractivity contribution in [3.05, 3.63) is 92.2 Å². The van der Waals surface area contributed by atoms with Crippen LogP contribution in [0.2, 0.25) is 10.0 Å². The first kappa shape index (κ1) is 18.9. The summed E-state index contributed by atoms with van der Waals surface area (Å²) in [5, 5.41) is 15.4. The van der Waals surface area contributed by atoms with Crippen LogP contribution in [0.4, 0.5) is 0 Å². The van der Waals surface area contributed by atoms with Crippen molar-refractivity contribution in [1.82, 2.24) is 19.7 Å². The predicted octanol–water partition coefficient (Wildman–Crippen LogP) is 4.54. The summed E-state index contributed by atoms with van der Waals surface area (Å²) in [7, 11) is 0. The molecule has 0 saturated heterocycles. The molecule has 6 nitrogen and oxygen atoms in total. The molecule has 4 aromatic rings. The molecular formula is C21H13Cl2N5O. The molecule has 142 valence electrons. The second-order valence-electron chi connectivity index (χ2n) is 6.31. The zero-order valence-electron chi connectivity index (χ0n) is 14.9. The van der Waals surface area contributed by atoms with E-state index in [4.69, 9.17) is 23.2 Å². The summed E-state index contributed by atoms with van der Waals surface area (Å²) < 4.78 is 1.72. The number of H-pyrrole nitrogens is 1. The largest absolute Gasteiger partial charge is 0.305 e. The number of nitriles is 1. The van der Waals surface area contributed by atoms with Gasteiger partial charge in [0.05, 0.1) is 29.2 Å². The van der Waals surface area contributed by atoms with E-state index in [2.05, 4.69) is 21.1 Å². The molecule has 0 aliphatic heterocycles. The molecule has 0 fully saturated rings. The summed E-state index contributed by atoms with van der Waals surface area (Å²) in [4.78, 5) is 19.3. The van der Waals surface area contributed by atoms with E-state index in [9.17, 15) is 10.1 Å². The summed E-state index contributed by atoms with van der Waals surface area (Å²) in [6, 6.07) is 14.4. The summed E-state index contributed by atoms with van der Waals surface area (Å²) in [6.45, 7) is 0.499. The van der Waals surface area contributed by atoms with Gasteiger partial charge in [-0.25, -0.2) is 4.98 Å². The highest BCUT2D eigenvalue weighted by atomic mass is 35.5. The quantitative estimate of drug-likeness (QED) is 0.489. The fourth-order valence-corrected chi connectivity index (χ4v) is 3.26. The van der Waals surface area contributed by atoms with Crippen molar-refractivity contribution >= 4 is 45.8 Å². The van der Waals surface area contributed by atoms with Gasteiger partial charge in [-0.1, -0.05) is 41.4 Å². The first-order valence-corrected chi connectivity index (χ1v) is 9.37. The molecule has 2 aromatic heterocycles. The fraction of sp³-hybridized carbons (Fsp3) is 0.0476. The Hall–Kier alpha value is -3.40. The van der Waals surface area contributed by atoms with Gasteiger partial charge in [-0.3, -0.25) is 9.48 Å². The van der Waals surface area contributed by atoms with Gasteiger partial charge in [0.1, 0.15) is 6.07 Å². The molecule has 2 heterocycles. The Morgan fingerprint density at radius 3 is 2.86 bits per heavy atom. The van der Waals surface area contributed by atoms with Crippen molar-refractivity contribution in [3.63, 3.8) is 0 Å². The standard InChI is InChI=1S/C21H13Cl2N5O/c22-16-5-6-17-19(8-16)26-20(27-21(17)29)15(9-24)7-13-10-25-28(11-13)12-14-3-1-2-4-18(14)23/h1-8,10-11H,12H2,(H,26,27,29). The molecule has 8 heteroatoms. The molecule has 29 heavy (non-hydrogen) atoms. The number of nitrogens with zero attached hydrogens (tertiary/aromatic N) is 4. The number of allylic oxidation sites excluding steroid dienone is 1. The third kappa shape index (κ3) is 4.06. The molecule has 1 N–H and O–H groups in total. The van der Waals surface area contributed by atoms with Crippen LogP contribution in [0.25, 0.3) is 22.6 Å². The van der Waals surface area contributed by atoms with Gasteiger partial charge in [0, 0.05) is 21.8 Å². The SMILES string of the molecule is N#CC(=Cc1cnn(Cc2ccccc2Cl)c1)c1nc2cc(Cl)ccc2c(=O)[nH]1. The van der Waals surface area contributed by atoms with E-state index in [1.807, 2.05) is 24.3 Å². The Morgan fingerprint density at radius 2 is 2.07 bits per heavy atom. The van der Waals surface area contributed by atoms with Gasteiger partial charge in [0.2, 0.25) is 0 Å². The van der Waals surface area contributed by atoms with Crippen LogP contribution in [-0.4, -0.2) is 19.7 Å². The van der Waals surface area contributed by atoms with E-state index in [1.165, 1.54) is 0 Å². The van der Waals surface area contributed by atoms with E-state index >= 15 is 0 Å². The maximum absolute atomic E-state index is 12.3. The molecule has 0 atom stereocenters. The molecule has 0 radical (unpaired) electrons. The molecular weight excluding hydrogens is 409 g/mol. The van der Waals surface area contributed by atoms with Crippen molar-refractivity contribution in [2.75, 3.05) is 0 Å². The molecule has 0 unspecified atom stereocenters. The van der Waals surface area contributed by atoms with E-state index < -0.39 is 0 Å². The third-order valence-electron chi connectivity index (χ3n) is 4.30. The lowest BCUT2D eigenvalue weighted by Gasteiger charge is -2.03. The topological polar surface area (TPSA) is 87.4 Å². The van der Waals surface area contributed by atoms with Gasteiger partial charge in [-0.2, -0.15) is 10.4 Å². The highest BCUT2D eigenvalue weighted by Gasteiger charge is 2.10. The minimum absolute atomic E-state index is 0.172. The number of rotatable bonds is 4. The molecule has 0 saturated carbocycles. The summed E-state index contributed by atoms with van der Waals surface area (Å²) in [5.74, 6) is 0.172. The van der Waals surface area contributed by atoms with Crippen LogP contribution >= 0.6 is 23.2 Å². The van der Waals surface area contributed by atoms with Crippen molar-refractivity contribution in [2.45, 2.75) is 6.54 Å². The number of hydrogen-bond donors (Lipinski definition) is 1. The normalized spacial score (nSPS) is 11.6. The van der Waals surface area contributed by atoms with E-state index in [0.717, 1.165) is 5.56 Å². The number of nitrogens with one attached hydrogen (secondary N) is 1. The van der Waals surface area contributed by atoms with Crippen molar-refractivity contribution in [3.8, 4) is 6.07 Å². The molecule has 0 spiro atoms. The zero-order valence-corrected chi connectivity index (χ0v) is 16.4. The van der Waals surface area contributed by atoms with Gasteiger partial charge in [0.15, 0.2) is 5.82 Å². The Morgan fingerprint density at radius 1 is 1.24 bits per heavy atom. The maximum atomic E-state index is 12.3. The summed E-state index contributed by atoms with van der Waals surface area (Å²) >= 11 is 12.2. The number of hydrogen-bond acceptors (Lipinski definition) is 4. The van der Waals surface area contributed by atoms with Crippen LogP contribution in [0.3, 0.4) is 0 Å². The van der Waals surface area contributed by atoms with Gasteiger partial charge in [-0.15, -0.1) is 0 Å². The van der Waals surface area contributed by atoms with E-state index in [-0.39, 0.29) is 17.0 Å². The van der Waals surface area contributed by atoms with Crippen LogP contribution in [-0.2, 0) is 6.54 Å². The van der Waals surface area contributed by atoms with E-state index in [0.29, 0.717) is 33.1 Å². The average molecular weight is 422 g/mol. The highest BCUT2D eigenvalue weighted by molar-refractivity contribution is 6.31. The molecule has 0 aliphatic carbocycles. The smallest absolute Gasteiger partial charge is 0.259 e. The fourth-order valence-electron chi connectivity index (χ4n) is 2.90. The van der Waals surface area contributed by atoms with Crippen molar-refractivity contribution in [1.29, 1.82) is 5.26 Å². The van der Waals surface area contributed by atoms with Crippen LogP contribution in [0, 0.1) is 11.3 Å². The van der Waals surface area contributed by atoms with Crippen molar-refractivity contribution < 1.29 is 0 Å². The lowest BCUT2D eigenvalue weighted by atomic mass is 10.2. The number of fused-ring (bicyclic) bond motifs is 1. The van der Waals surface area contributed by atoms with Crippen LogP contribution in [0.5, 0.6) is 0 Å².